The Morgan fingerprint density at radius 3 is 2.94 bits per heavy atom. The Morgan fingerprint density at radius 2 is 2.24 bits per heavy atom. The molecule has 90 valence electrons. The number of rotatable bonds is 2. The Hall–Kier alpha value is -1.55. The number of hydrogen-bond donors (Lipinski definition) is 1. The Bertz CT molecular complexity index is 474. The molecule has 1 N–H and O–H groups in total. The van der Waals surface area contributed by atoms with Gasteiger partial charge in [0.25, 0.3) is 0 Å². The predicted octanol–water partition coefficient (Wildman–Crippen LogP) is 1.77. The zero-order chi connectivity index (χ0) is 12.4. The van der Waals surface area contributed by atoms with Gasteiger partial charge < -0.3 is 10.2 Å². The van der Waals surface area contributed by atoms with Crippen LogP contribution >= 0.6 is 11.6 Å². The van der Waals surface area contributed by atoms with Crippen molar-refractivity contribution in [1.82, 2.24) is 0 Å². The summed E-state index contributed by atoms with van der Waals surface area (Å²) in [6.45, 7) is 0. The highest BCUT2D eigenvalue weighted by Crippen LogP contribution is 2.29. The van der Waals surface area contributed by atoms with E-state index in [2.05, 4.69) is 5.32 Å². The largest absolute Gasteiger partial charge is 0.325 e. The molecule has 1 heterocycles. The smallest absolute Gasteiger partial charge is 0.239 e. The Labute approximate surface area is 105 Å². The van der Waals surface area contributed by atoms with Crippen LogP contribution in [0.1, 0.15) is 12.0 Å². The van der Waals surface area contributed by atoms with E-state index < -0.39 is 0 Å². The van der Waals surface area contributed by atoms with E-state index in [-0.39, 0.29) is 17.7 Å². The quantitative estimate of drug-likeness (QED) is 0.816. The molecular formula is C12H13ClN2O2. The molecule has 1 aromatic rings. The van der Waals surface area contributed by atoms with Gasteiger partial charge >= 0.3 is 0 Å². The summed E-state index contributed by atoms with van der Waals surface area (Å²) in [5, 5.41) is 2.69. The standard InChI is InChI=1S/C12H13ClN2O2/c1-15-10-4-3-9(14-11(16)7-13)6-8(10)2-5-12(15)17/h3-4,6H,2,5,7H2,1H3,(H,14,16). The van der Waals surface area contributed by atoms with Crippen molar-refractivity contribution < 1.29 is 9.59 Å². The maximum Gasteiger partial charge on any atom is 0.239 e. The van der Waals surface area contributed by atoms with Gasteiger partial charge in [0.1, 0.15) is 5.88 Å². The molecule has 0 saturated carbocycles. The molecule has 2 rings (SSSR count). The van der Waals surface area contributed by atoms with Crippen molar-refractivity contribution in [3.8, 4) is 0 Å². The Balaban J connectivity index is 2.26. The van der Waals surface area contributed by atoms with Crippen molar-refractivity contribution in [2.75, 3.05) is 23.1 Å². The van der Waals surface area contributed by atoms with Gasteiger partial charge in [-0.3, -0.25) is 9.59 Å². The number of benzene rings is 1. The molecule has 1 aliphatic heterocycles. The first kappa shape index (κ1) is 11.9. The number of nitrogens with one attached hydrogen (secondary N) is 1. The minimum atomic E-state index is -0.230. The molecule has 1 aromatic carbocycles. The van der Waals surface area contributed by atoms with Crippen molar-refractivity contribution in [1.29, 1.82) is 0 Å². The van der Waals surface area contributed by atoms with E-state index in [1.54, 1.807) is 18.0 Å². The van der Waals surface area contributed by atoms with Crippen molar-refractivity contribution >= 4 is 34.8 Å². The van der Waals surface area contributed by atoms with Crippen molar-refractivity contribution in [3.63, 3.8) is 0 Å². The summed E-state index contributed by atoms with van der Waals surface area (Å²) in [4.78, 5) is 24.3. The van der Waals surface area contributed by atoms with E-state index in [1.807, 2.05) is 12.1 Å². The molecule has 1 aliphatic rings. The second-order valence-electron chi connectivity index (χ2n) is 3.98. The lowest BCUT2D eigenvalue weighted by atomic mass is 10.0. The number of alkyl halides is 1. The number of amides is 2. The zero-order valence-electron chi connectivity index (χ0n) is 9.50. The number of carbonyl (C=O) groups is 2. The summed E-state index contributed by atoms with van der Waals surface area (Å²) in [7, 11) is 1.76. The van der Waals surface area contributed by atoms with Crippen molar-refractivity contribution in [2.24, 2.45) is 0 Å². The fraction of sp³-hybridized carbons (Fsp3) is 0.333. The lowest BCUT2D eigenvalue weighted by Gasteiger charge is -2.26. The first-order valence-electron chi connectivity index (χ1n) is 5.37. The summed E-state index contributed by atoms with van der Waals surface area (Å²) in [6, 6.07) is 5.51. The number of hydrogen-bond acceptors (Lipinski definition) is 2. The van der Waals surface area contributed by atoms with Gasteiger partial charge in [0.15, 0.2) is 0 Å². The van der Waals surface area contributed by atoms with Crippen molar-refractivity contribution in [2.45, 2.75) is 12.8 Å². The molecule has 0 spiro atoms. The molecule has 0 aliphatic carbocycles. The molecule has 5 heteroatoms. The van der Waals surface area contributed by atoms with E-state index in [4.69, 9.17) is 11.6 Å². The van der Waals surface area contributed by atoms with Crippen LogP contribution in [0.2, 0.25) is 0 Å². The molecule has 0 aromatic heterocycles. The highest BCUT2D eigenvalue weighted by molar-refractivity contribution is 6.29. The Kier molecular flexibility index (Phi) is 3.33. The average molecular weight is 253 g/mol. The number of anilines is 2. The molecule has 17 heavy (non-hydrogen) atoms. The summed E-state index contributed by atoms with van der Waals surface area (Å²) in [5.74, 6) is -0.169. The van der Waals surface area contributed by atoms with Crippen LogP contribution in [0.3, 0.4) is 0 Å². The van der Waals surface area contributed by atoms with E-state index in [0.29, 0.717) is 12.8 Å². The van der Waals surface area contributed by atoms with E-state index >= 15 is 0 Å². The summed E-state index contributed by atoms with van der Waals surface area (Å²) < 4.78 is 0. The van der Waals surface area contributed by atoms with Crippen LogP contribution < -0.4 is 10.2 Å². The SMILES string of the molecule is CN1C(=O)CCc2cc(NC(=O)CCl)ccc21. The molecule has 0 fully saturated rings. The second-order valence-corrected chi connectivity index (χ2v) is 4.25. The molecule has 0 saturated heterocycles. The average Bonchev–Trinajstić information content (AvgIpc) is 2.34. The third-order valence-electron chi connectivity index (χ3n) is 2.83. The monoisotopic (exact) mass is 252 g/mol. The van der Waals surface area contributed by atoms with E-state index in [1.165, 1.54) is 0 Å². The normalized spacial score (nSPS) is 14.5. The highest BCUT2D eigenvalue weighted by Gasteiger charge is 2.20. The summed E-state index contributed by atoms with van der Waals surface area (Å²) in [5.41, 5.74) is 2.70. The molecule has 0 bridgehead atoms. The zero-order valence-corrected chi connectivity index (χ0v) is 10.3. The van der Waals surface area contributed by atoms with Gasteiger partial charge in [-0.25, -0.2) is 0 Å². The topological polar surface area (TPSA) is 49.4 Å². The van der Waals surface area contributed by atoms with Crippen LogP contribution in [-0.2, 0) is 16.0 Å². The van der Waals surface area contributed by atoms with Gasteiger partial charge in [0.2, 0.25) is 11.8 Å². The van der Waals surface area contributed by atoms with Gasteiger partial charge in [-0.2, -0.15) is 0 Å². The lowest BCUT2D eigenvalue weighted by molar-refractivity contribution is -0.118. The number of aryl methyl sites for hydroxylation is 1. The highest BCUT2D eigenvalue weighted by atomic mass is 35.5. The van der Waals surface area contributed by atoms with Gasteiger partial charge in [-0.1, -0.05) is 0 Å². The molecule has 2 amide bonds. The lowest BCUT2D eigenvalue weighted by Crippen LogP contribution is -2.31. The van der Waals surface area contributed by atoms with E-state index in [0.717, 1.165) is 16.9 Å². The predicted molar refractivity (Wildman–Crippen MR) is 67.5 cm³/mol. The number of nitrogens with zero attached hydrogens (tertiary/aromatic N) is 1. The molecular weight excluding hydrogens is 240 g/mol. The number of carbonyl (C=O) groups excluding carboxylic acids is 2. The Morgan fingerprint density at radius 1 is 1.47 bits per heavy atom. The van der Waals surface area contributed by atoms with Crippen LogP contribution in [0, 0.1) is 0 Å². The second kappa shape index (κ2) is 4.75. The van der Waals surface area contributed by atoms with Gasteiger partial charge in [-0.05, 0) is 30.2 Å². The maximum absolute atomic E-state index is 11.5. The van der Waals surface area contributed by atoms with Crippen molar-refractivity contribution in [3.05, 3.63) is 23.8 Å². The van der Waals surface area contributed by atoms with Gasteiger partial charge in [0.05, 0.1) is 0 Å². The fourth-order valence-electron chi connectivity index (χ4n) is 1.93. The van der Waals surface area contributed by atoms with Crippen LogP contribution in [0.15, 0.2) is 18.2 Å². The van der Waals surface area contributed by atoms with Crippen LogP contribution in [0.4, 0.5) is 11.4 Å². The minimum Gasteiger partial charge on any atom is -0.325 e. The van der Waals surface area contributed by atoms with Gasteiger partial charge in [0, 0.05) is 24.8 Å². The third-order valence-corrected chi connectivity index (χ3v) is 3.07. The first-order valence-corrected chi connectivity index (χ1v) is 5.90. The maximum atomic E-state index is 11.5. The first-order chi connectivity index (χ1) is 8.11. The number of fused-ring (bicyclic) bond motifs is 1. The molecule has 0 atom stereocenters. The van der Waals surface area contributed by atoms with Crippen LogP contribution in [0.25, 0.3) is 0 Å². The van der Waals surface area contributed by atoms with Crippen LogP contribution in [-0.4, -0.2) is 24.7 Å². The van der Waals surface area contributed by atoms with Gasteiger partial charge in [-0.15, -0.1) is 11.6 Å². The van der Waals surface area contributed by atoms with E-state index in [9.17, 15) is 9.59 Å². The van der Waals surface area contributed by atoms with Crippen LogP contribution in [0.5, 0.6) is 0 Å². The number of halogens is 1. The summed E-state index contributed by atoms with van der Waals surface area (Å²) in [6.07, 6.45) is 1.22. The molecule has 0 unspecified atom stereocenters. The molecule has 4 nitrogen and oxygen atoms in total. The fourth-order valence-corrected chi connectivity index (χ4v) is 2.00. The minimum absolute atomic E-state index is 0.0600. The third kappa shape index (κ3) is 2.42. The summed E-state index contributed by atoms with van der Waals surface area (Å²) >= 11 is 5.42. The molecule has 0 radical (unpaired) electrons.